The first kappa shape index (κ1) is 21.8. The molecule has 6 nitrogen and oxygen atoms in total. The predicted octanol–water partition coefficient (Wildman–Crippen LogP) is 5.50. The molecule has 3 aromatic carbocycles. The molecule has 0 unspecified atom stereocenters. The number of amides is 1. The Balaban J connectivity index is 1.23. The number of ether oxygens (including phenoxy) is 2. The van der Waals surface area contributed by atoms with E-state index in [1.54, 1.807) is 19.2 Å². The fraction of sp³-hybridized carbons (Fsp3) is 0.111. The molecule has 0 bridgehead atoms. The number of carbonyl (C=O) groups excluding carboxylic acids is 1. The van der Waals surface area contributed by atoms with Crippen molar-refractivity contribution in [2.24, 2.45) is 0 Å². The van der Waals surface area contributed by atoms with Gasteiger partial charge in [0.15, 0.2) is 0 Å². The van der Waals surface area contributed by atoms with Gasteiger partial charge in [0, 0.05) is 28.3 Å². The number of hydrogen-bond acceptors (Lipinski definition) is 4. The van der Waals surface area contributed by atoms with Crippen LogP contribution < -0.4 is 14.8 Å². The number of fused-ring (bicyclic) bond motifs is 1. The molecule has 1 amide bonds. The summed E-state index contributed by atoms with van der Waals surface area (Å²) >= 11 is 6.05. The third kappa shape index (κ3) is 4.67. The number of methoxy groups -OCH3 is 1. The number of carbonyl (C=O) groups is 1. The van der Waals surface area contributed by atoms with Crippen LogP contribution >= 0.6 is 11.6 Å². The molecule has 0 spiro atoms. The number of aromatic nitrogens is 2. The average Bonchev–Trinajstić information content (AvgIpc) is 3.37. The lowest BCUT2D eigenvalue weighted by Crippen LogP contribution is -2.28. The lowest BCUT2D eigenvalue weighted by Gasteiger charge is -2.18. The molecule has 0 saturated heterocycles. The highest BCUT2D eigenvalue weighted by Crippen LogP contribution is 2.29. The molecule has 2 heterocycles. The summed E-state index contributed by atoms with van der Waals surface area (Å²) in [6, 6.07) is 21.1. The largest absolute Gasteiger partial charge is 0.497 e. The summed E-state index contributed by atoms with van der Waals surface area (Å²) in [4.78, 5) is 20.5. The Hall–Kier alpha value is -4.03. The quantitative estimate of drug-likeness (QED) is 0.389. The minimum absolute atomic E-state index is 0.163. The summed E-state index contributed by atoms with van der Waals surface area (Å²) < 4.78 is 11.0. The zero-order chi connectivity index (χ0) is 23.5. The number of nitrogens with one attached hydrogen (secondary N) is 2. The van der Waals surface area contributed by atoms with Crippen molar-refractivity contribution in [3.05, 3.63) is 94.6 Å². The van der Waals surface area contributed by atoms with Crippen LogP contribution in [0.1, 0.15) is 11.1 Å². The van der Waals surface area contributed by atoms with Crippen molar-refractivity contribution in [2.45, 2.75) is 6.54 Å². The Morgan fingerprint density at radius 3 is 2.79 bits per heavy atom. The van der Waals surface area contributed by atoms with Gasteiger partial charge in [0.25, 0.3) is 5.91 Å². The van der Waals surface area contributed by atoms with Crippen LogP contribution in [0.25, 0.3) is 28.7 Å². The zero-order valence-corrected chi connectivity index (χ0v) is 19.2. The Kier molecular flexibility index (Phi) is 6.06. The molecule has 34 heavy (non-hydrogen) atoms. The number of benzene rings is 3. The van der Waals surface area contributed by atoms with Crippen LogP contribution in [0.15, 0.2) is 78.5 Å². The van der Waals surface area contributed by atoms with Gasteiger partial charge in [-0.1, -0.05) is 48.0 Å². The maximum atomic E-state index is 12.6. The first-order valence-corrected chi connectivity index (χ1v) is 11.2. The van der Waals surface area contributed by atoms with E-state index in [4.69, 9.17) is 21.1 Å². The smallest absolute Gasteiger partial charge is 0.250 e. The Labute approximate surface area is 202 Å². The summed E-state index contributed by atoms with van der Waals surface area (Å²) in [7, 11) is 1.65. The van der Waals surface area contributed by atoms with Crippen molar-refractivity contribution >= 4 is 23.6 Å². The van der Waals surface area contributed by atoms with E-state index >= 15 is 0 Å². The molecular weight excluding hydrogens is 450 g/mol. The van der Waals surface area contributed by atoms with Crippen LogP contribution in [-0.2, 0) is 11.3 Å². The molecule has 4 aromatic rings. The fourth-order valence-electron chi connectivity index (χ4n) is 3.76. The van der Waals surface area contributed by atoms with Crippen molar-refractivity contribution in [3.8, 4) is 34.1 Å². The molecule has 0 saturated carbocycles. The average molecular weight is 472 g/mol. The van der Waals surface area contributed by atoms with Gasteiger partial charge >= 0.3 is 0 Å². The van der Waals surface area contributed by atoms with Crippen LogP contribution in [-0.4, -0.2) is 29.6 Å². The number of nitrogens with zero attached hydrogens (tertiary/aromatic N) is 1. The zero-order valence-electron chi connectivity index (χ0n) is 18.5. The van der Waals surface area contributed by atoms with E-state index in [-0.39, 0.29) is 12.5 Å². The normalized spacial score (nSPS) is 12.4. The first-order valence-electron chi connectivity index (χ1n) is 10.8. The van der Waals surface area contributed by atoms with E-state index in [1.807, 2.05) is 66.9 Å². The summed E-state index contributed by atoms with van der Waals surface area (Å²) in [5, 5.41) is 3.56. The number of hydrogen-bond donors (Lipinski definition) is 2. The third-order valence-electron chi connectivity index (χ3n) is 5.61. The standard InChI is InChI=1S/C27H22ClN3O3/c1-33-23-4-2-3-19(13-23)24-15-29-26(31-24)18-7-5-17(6-8-18)14-30-27(32)21-11-20-12-22(28)9-10-25(20)34-16-21/h2-13,15H,14,16H2,1H3,(H,29,31)(H,30,32). The van der Waals surface area contributed by atoms with Gasteiger partial charge in [-0.05, 0) is 42.0 Å². The monoisotopic (exact) mass is 471 g/mol. The van der Waals surface area contributed by atoms with Crippen molar-refractivity contribution < 1.29 is 14.3 Å². The van der Waals surface area contributed by atoms with Gasteiger partial charge in [-0.25, -0.2) is 4.98 Å². The van der Waals surface area contributed by atoms with E-state index < -0.39 is 0 Å². The minimum atomic E-state index is -0.163. The number of imidazole rings is 1. The lowest BCUT2D eigenvalue weighted by molar-refractivity contribution is -0.117. The Morgan fingerprint density at radius 2 is 1.97 bits per heavy atom. The van der Waals surface area contributed by atoms with Gasteiger partial charge < -0.3 is 19.8 Å². The molecule has 1 aromatic heterocycles. The van der Waals surface area contributed by atoms with Crippen molar-refractivity contribution in [3.63, 3.8) is 0 Å². The highest BCUT2D eigenvalue weighted by Gasteiger charge is 2.17. The van der Waals surface area contributed by atoms with Gasteiger partial charge in [-0.3, -0.25) is 4.79 Å². The Bertz CT molecular complexity index is 1380. The second-order valence-electron chi connectivity index (χ2n) is 7.90. The summed E-state index contributed by atoms with van der Waals surface area (Å²) in [5.41, 5.74) is 5.23. The first-order chi connectivity index (χ1) is 16.6. The van der Waals surface area contributed by atoms with Gasteiger partial charge in [0.1, 0.15) is 23.9 Å². The molecule has 1 aliphatic heterocycles. The molecule has 170 valence electrons. The topological polar surface area (TPSA) is 76.2 Å². The maximum Gasteiger partial charge on any atom is 0.250 e. The van der Waals surface area contributed by atoms with E-state index in [0.29, 0.717) is 17.1 Å². The highest BCUT2D eigenvalue weighted by molar-refractivity contribution is 6.30. The van der Waals surface area contributed by atoms with E-state index in [9.17, 15) is 4.79 Å². The number of rotatable bonds is 6. The van der Waals surface area contributed by atoms with Crippen LogP contribution in [0.5, 0.6) is 11.5 Å². The second-order valence-corrected chi connectivity index (χ2v) is 8.33. The van der Waals surface area contributed by atoms with Crippen molar-refractivity contribution in [2.75, 3.05) is 13.7 Å². The second kappa shape index (κ2) is 9.45. The molecule has 0 radical (unpaired) electrons. The predicted molar refractivity (Wildman–Crippen MR) is 133 cm³/mol. The fourth-order valence-corrected chi connectivity index (χ4v) is 3.94. The molecular formula is C27H22ClN3O3. The summed E-state index contributed by atoms with van der Waals surface area (Å²) in [5.74, 6) is 2.13. The van der Waals surface area contributed by atoms with Gasteiger partial charge in [0.2, 0.25) is 0 Å². The summed E-state index contributed by atoms with van der Waals surface area (Å²) in [6.07, 6.45) is 3.63. The summed E-state index contributed by atoms with van der Waals surface area (Å²) in [6.45, 7) is 0.638. The number of H-pyrrole nitrogens is 1. The third-order valence-corrected chi connectivity index (χ3v) is 5.85. The van der Waals surface area contributed by atoms with Gasteiger partial charge in [0.05, 0.1) is 24.6 Å². The molecule has 0 fully saturated rings. The molecule has 0 aliphatic carbocycles. The highest BCUT2D eigenvalue weighted by atomic mass is 35.5. The van der Waals surface area contributed by atoms with Gasteiger partial charge in [-0.2, -0.15) is 0 Å². The van der Waals surface area contributed by atoms with E-state index in [0.717, 1.165) is 45.3 Å². The Morgan fingerprint density at radius 1 is 1.12 bits per heavy atom. The molecule has 7 heteroatoms. The molecule has 0 atom stereocenters. The number of halogens is 1. The van der Waals surface area contributed by atoms with Gasteiger partial charge in [-0.15, -0.1) is 0 Å². The van der Waals surface area contributed by atoms with Crippen LogP contribution in [0.2, 0.25) is 5.02 Å². The van der Waals surface area contributed by atoms with Crippen molar-refractivity contribution in [1.82, 2.24) is 15.3 Å². The van der Waals surface area contributed by atoms with Crippen LogP contribution in [0.3, 0.4) is 0 Å². The maximum absolute atomic E-state index is 12.6. The lowest BCUT2D eigenvalue weighted by atomic mass is 10.1. The van der Waals surface area contributed by atoms with Crippen molar-refractivity contribution in [1.29, 1.82) is 0 Å². The SMILES string of the molecule is COc1cccc(-c2cnc(-c3ccc(CNC(=O)C4=Cc5cc(Cl)ccc5OC4)cc3)[nH]2)c1. The number of aromatic amines is 1. The van der Waals surface area contributed by atoms with E-state index in [2.05, 4.69) is 15.3 Å². The molecule has 5 rings (SSSR count). The van der Waals surface area contributed by atoms with Crippen LogP contribution in [0.4, 0.5) is 0 Å². The van der Waals surface area contributed by atoms with E-state index in [1.165, 1.54) is 0 Å². The van der Waals surface area contributed by atoms with Crippen LogP contribution in [0, 0.1) is 0 Å². The minimum Gasteiger partial charge on any atom is -0.497 e. The molecule has 1 aliphatic rings. The molecule has 2 N–H and O–H groups in total.